The molecule has 0 fully saturated rings. The summed E-state index contributed by atoms with van der Waals surface area (Å²) in [6.07, 6.45) is 0. The number of hydrogen-bond donors (Lipinski definition) is 2. The molecular weight excluding hydrogens is 301 g/mol. The number of carboxylic acid groups (broad SMARTS) is 1. The van der Waals surface area contributed by atoms with Gasteiger partial charge in [-0.3, -0.25) is 4.79 Å². The summed E-state index contributed by atoms with van der Waals surface area (Å²) in [6.45, 7) is 6.31. The zero-order valence-electron chi connectivity index (χ0n) is 13.3. The second-order valence-corrected chi connectivity index (χ2v) is 5.89. The van der Waals surface area contributed by atoms with Crippen LogP contribution in [0.4, 0.5) is 4.39 Å². The number of carbonyl (C=O) groups is 2. The fourth-order valence-corrected chi connectivity index (χ4v) is 2.10. The molecule has 2 N–H and O–H groups in total. The number of amides is 1. The second-order valence-electron chi connectivity index (χ2n) is 5.89. The van der Waals surface area contributed by atoms with Gasteiger partial charge in [0, 0.05) is 11.3 Å². The first-order chi connectivity index (χ1) is 10.6. The van der Waals surface area contributed by atoms with Gasteiger partial charge in [-0.2, -0.15) is 5.10 Å². The topological polar surface area (TPSA) is 84.2 Å². The molecule has 0 aliphatic rings. The molecule has 0 saturated carbocycles. The van der Waals surface area contributed by atoms with Crippen molar-refractivity contribution in [2.45, 2.75) is 33.2 Å². The van der Waals surface area contributed by atoms with Gasteiger partial charge in [-0.25, -0.2) is 13.9 Å². The van der Waals surface area contributed by atoms with Gasteiger partial charge in [-0.1, -0.05) is 0 Å². The Kier molecular flexibility index (Phi) is 4.22. The average molecular weight is 319 g/mol. The van der Waals surface area contributed by atoms with Gasteiger partial charge in [0.05, 0.1) is 5.69 Å². The van der Waals surface area contributed by atoms with Crippen LogP contribution >= 0.6 is 0 Å². The maximum Gasteiger partial charge on any atom is 0.328 e. The predicted octanol–water partition coefficient (Wildman–Crippen LogP) is 2.22. The van der Waals surface area contributed by atoms with Crippen molar-refractivity contribution in [1.29, 1.82) is 0 Å². The second kappa shape index (κ2) is 5.83. The number of carbonyl (C=O) groups excluding carboxylic acids is 1. The average Bonchev–Trinajstić information content (AvgIpc) is 2.76. The summed E-state index contributed by atoms with van der Waals surface area (Å²) in [7, 11) is 0. The van der Waals surface area contributed by atoms with Crippen molar-refractivity contribution in [1.82, 2.24) is 15.1 Å². The van der Waals surface area contributed by atoms with Gasteiger partial charge in [-0.15, -0.1) is 0 Å². The molecule has 0 atom stereocenters. The van der Waals surface area contributed by atoms with Crippen molar-refractivity contribution in [2.24, 2.45) is 0 Å². The third-order valence-corrected chi connectivity index (χ3v) is 3.41. The van der Waals surface area contributed by atoms with Gasteiger partial charge in [0.15, 0.2) is 0 Å². The van der Waals surface area contributed by atoms with E-state index >= 15 is 0 Å². The predicted molar refractivity (Wildman–Crippen MR) is 82.2 cm³/mol. The third-order valence-electron chi connectivity index (χ3n) is 3.41. The fraction of sp³-hybridized carbons (Fsp3) is 0.312. The quantitative estimate of drug-likeness (QED) is 0.905. The number of halogens is 1. The lowest BCUT2D eigenvalue weighted by molar-refractivity contribution is -0.143. The maximum absolute atomic E-state index is 14.3. The number of aryl methyl sites for hydroxylation is 2. The minimum absolute atomic E-state index is 0.0436. The standard InChI is InChI=1S/C16H18FN3O3/c1-9-7-10(2)20(19-9)13-6-5-11(8-12(13)17)14(21)18-16(3,4)15(22)23/h5-8H,1-4H3,(H,18,21)(H,22,23). The molecule has 2 rings (SSSR count). The first-order valence-corrected chi connectivity index (χ1v) is 7.01. The van der Waals surface area contributed by atoms with Crippen LogP contribution in [0, 0.1) is 19.7 Å². The zero-order chi connectivity index (χ0) is 17.4. The van der Waals surface area contributed by atoms with Gasteiger partial charge >= 0.3 is 5.97 Å². The molecule has 1 aromatic heterocycles. The van der Waals surface area contributed by atoms with E-state index in [0.29, 0.717) is 0 Å². The number of hydrogen-bond acceptors (Lipinski definition) is 3. The molecule has 0 bridgehead atoms. The molecule has 0 saturated heterocycles. The minimum atomic E-state index is -1.44. The molecule has 0 unspecified atom stereocenters. The number of carboxylic acids is 1. The maximum atomic E-state index is 14.3. The van der Waals surface area contributed by atoms with Crippen LogP contribution < -0.4 is 5.32 Å². The SMILES string of the molecule is Cc1cc(C)n(-c2ccc(C(=O)NC(C)(C)C(=O)O)cc2F)n1. The van der Waals surface area contributed by atoms with Crippen LogP contribution in [0.2, 0.25) is 0 Å². The Morgan fingerprint density at radius 2 is 1.91 bits per heavy atom. The first-order valence-electron chi connectivity index (χ1n) is 7.01. The number of benzene rings is 1. The van der Waals surface area contributed by atoms with Gasteiger partial charge in [-0.05, 0) is 52.0 Å². The van der Waals surface area contributed by atoms with Crippen molar-refractivity contribution in [3.8, 4) is 5.69 Å². The Morgan fingerprint density at radius 3 is 2.39 bits per heavy atom. The van der Waals surface area contributed by atoms with Gasteiger partial charge in [0.25, 0.3) is 5.91 Å². The molecule has 1 amide bonds. The van der Waals surface area contributed by atoms with E-state index in [0.717, 1.165) is 17.5 Å². The summed E-state index contributed by atoms with van der Waals surface area (Å²) in [4.78, 5) is 23.1. The van der Waals surface area contributed by atoms with Crippen LogP contribution in [-0.4, -0.2) is 32.3 Å². The Morgan fingerprint density at radius 1 is 1.26 bits per heavy atom. The number of nitrogens with zero attached hydrogens (tertiary/aromatic N) is 2. The molecular formula is C16H18FN3O3. The van der Waals surface area contributed by atoms with Crippen LogP contribution in [0.1, 0.15) is 35.6 Å². The van der Waals surface area contributed by atoms with Crippen LogP contribution in [0.15, 0.2) is 24.3 Å². The van der Waals surface area contributed by atoms with Crippen LogP contribution in [-0.2, 0) is 4.79 Å². The number of aromatic nitrogens is 2. The lowest BCUT2D eigenvalue weighted by Crippen LogP contribution is -2.49. The molecule has 6 nitrogen and oxygen atoms in total. The van der Waals surface area contributed by atoms with Crippen LogP contribution in [0.5, 0.6) is 0 Å². The lowest BCUT2D eigenvalue weighted by Gasteiger charge is -2.21. The van der Waals surface area contributed by atoms with Crippen LogP contribution in [0.3, 0.4) is 0 Å². The lowest BCUT2D eigenvalue weighted by atomic mass is 10.0. The van der Waals surface area contributed by atoms with Crippen molar-refractivity contribution >= 4 is 11.9 Å². The zero-order valence-corrected chi connectivity index (χ0v) is 13.3. The Hall–Kier alpha value is -2.70. The number of rotatable bonds is 4. The van der Waals surface area contributed by atoms with E-state index in [1.165, 1.54) is 30.7 Å². The summed E-state index contributed by atoms with van der Waals surface area (Å²) in [5.74, 6) is -2.45. The molecule has 0 spiro atoms. The smallest absolute Gasteiger partial charge is 0.328 e. The molecule has 23 heavy (non-hydrogen) atoms. The summed E-state index contributed by atoms with van der Waals surface area (Å²) in [5, 5.41) is 15.6. The van der Waals surface area contributed by atoms with E-state index in [1.807, 2.05) is 6.07 Å². The van der Waals surface area contributed by atoms with E-state index in [4.69, 9.17) is 5.11 Å². The highest BCUT2D eigenvalue weighted by Crippen LogP contribution is 2.18. The molecule has 122 valence electrons. The third kappa shape index (κ3) is 3.39. The van der Waals surface area contributed by atoms with Crippen molar-refractivity contribution < 1.29 is 19.1 Å². The molecule has 1 heterocycles. The van der Waals surface area contributed by atoms with Crippen molar-refractivity contribution in [3.63, 3.8) is 0 Å². The highest BCUT2D eigenvalue weighted by atomic mass is 19.1. The summed E-state index contributed by atoms with van der Waals surface area (Å²) < 4.78 is 15.8. The fourth-order valence-electron chi connectivity index (χ4n) is 2.10. The Bertz CT molecular complexity index is 781. The van der Waals surface area contributed by atoms with E-state index in [9.17, 15) is 14.0 Å². The van der Waals surface area contributed by atoms with Crippen molar-refractivity contribution in [2.75, 3.05) is 0 Å². The highest BCUT2D eigenvalue weighted by molar-refractivity contribution is 5.97. The highest BCUT2D eigenvalue weighted by Gasteiger charge is 2.29. The van der Waals surface area contributed by atoms with E-state index in [2.05, 4.69) is 10.4 Å². The molecule has 7 heteroatoms. The first kappa shape index (κ1) is 16.7. The van der Waals surface area contributed by atoms with Gasteiger partial charge in [0.2, 0.25) is 0 Å². The van der Waals surface area contributed by atoms with Crippen LogP contribution in [0.25, 0.3) is 5.69 Å². The van der Waals surface area contributed by atoms with Gasteiger partial charge in [0.1, 0.15) is 17.0 Å². The largest absolute Gasteiger partial charge is 0.480 e. The summed E-state index contributed by atoms with van der Waals surface area (Å²) in [6, 6.07) is 5.76. The summed E-state index contributed by atoms with van der Waals surface area (Å²) in [5.41, 5.74) is 0.353. The molecule has 0 aliphatic heterocycles. The molecule has 0 radical (unpaired) electrons. The number of aliphatic carboxylic acids is 1. The Labute approximate surface area is 132 Å². The minimum Gasteiger partial charge on any atom is -0.480 e. The molecule has 0 aliphatic carbocycles. The van der Waals surface area contributed by atoms with Crippen molar-refractivity contribution in [3.05, 3.63) is 47.0 Å². The normalized spacial score (nSPS) is 11.3. The summed E-state index contributed by atoms with van der Waals surface area (Å²) >= 11 is 0. The van der Waals surface area contributed by atoms with E-state index in [-0.39, 0.29) is 11.3 Å². The molecule has 1 aromatic carbocycles. The van der Waals surface area contributed by atoms with E-state index in [1.54, 1.807) is 13.8 Å². The molecule has 2 aromatic rings. The Balaban J connectivity index is 2.31. The van der Waals surface area contributed by atoms with Gasteiger partial charge < -0.3 is 10.4 Å². The van der Waals surface area contributed by atoms with E-state index < -0.39 is 23.2 Å². The number of nitrogens with one attached hydrogen (secondary N) is 1. The monoisotopic (exact) mass is 319 g/mol.